The molecule has 1 aromatic heterocycles. The molecule has 0 bridgehead atoms. The molecule has 3 aromatic rings. The molecule has 1 aliphatic heterocycles. The molecule has 1 aliphatic rings. The summed E-state index contributed by atoms with van der Waals surface area (Å²) in [6.07, 6.45) is 7.29. The number of piperidine rings is 1. The Morgan fingerprint density at radius 2 is 1.84 bits per heavy atom. The van der Waals surface area contributed by atoms with E-state index in [9.17, 15) is 0 Å². The van der Waals surface area contributed by atoms with Crippen molar-refractivity contribution >= 4 is 22.7 Å². The molecule has 0 spiro atoms. The molecule has 1 fully saturated rings. The molecule has 0 N–H and O–H groups in total. The first-order valence-corrected chi connectivity index (χ1v) is 12.8. The van der Waals surface area contributed by atoms with E-state index in [1.807, 2.05) is 17.8 Å². The van der Waals surface area contributed by atoms with E-state index in [0.717, 1.165) is 30.8 Å². The summed E-state index contributed by atoms with van der Waals surface area (Å²) >= 11 is 1.92. The quantitative estimate of drug-likeness (QED) is 0.375. The molecular weight excluding hydrogens is 400 g/mol. The summed E-state index contributed by atoms with van der Waals surface area (Å²) in [5.74, 6) is 0. The number of nitrogens with zero attached hydrogens (tertiary/aromatic N) is 2. The summed E-state index contributed by atoms with van der Waals surface area (Å²) in [4.78, 5) is 7.44. The standard InChI is InChI=1S/C27H34N2OS/c1-21(31-2)18-23-10-11-24(27-13-12-22-8-4-5-9-26(22)28-27)19-25(23)20-30-17-16-29-14-6-3-7-15-29/h4-5,8-13,19,21H,3,6-7,14-18,20H2,1-2H3. The number of likely N-dealkylation sites (tertiary alicyclic amines) is 1. The minimum absolute atomic E-state index is 0.594. The van der Waals surface area contributed by atoms with Crippen LogP contribution < -0.4 is 0 Å². The average Bonchev–Trinajstić information content (AvgIpc) is 2.83. The lowest BCUT2D eigenvalue weighted by molar-refractivity contribution is 0.0860. The number of pyridine rings is 1. The highest BCUT2D eigenvalue weighted by Crippen LogP contribution is 2.26. The van der Waals surface area contributed by atoms with Crippen LogP contribution in [0.25, 0.3) is 22.2 Å². The fraction of sp³-hybridized carbons (Fsp3) is 0.444. The lowest BCUT2D eigenvalue weighted by Gasteiger charge is -2.26. The number of ether oxygens (including phenoxy) is 1. The van der Waals surface area contributed by atoms with Gasteiger partial charge in [-0.15, -0.1) is 0 Å². The van der Waals surface area contributed by atoms with Crippen molar-refractivity contribution in [2.24, 2.45) is 0 Å². The van der Waals surface area contributed by atoms with Crippen molar-refractivity contribution in [3.05, 3.63) is 65.7 Å². The lowest BCUT2D eigenvalue weighted by atomic mass is 9.98. The Kier molecular flexibility index (Phi) is 8.01. The molecule has 3 nitrogen and oxygen atoms in total. The first-order valence-electron chi connectivity index (χ1n) is 11.5. The van der Waals surface area contributed by atoms with Crippen LogP contribution in [-0.2, 0) is 17.8 Å². The van der Waals surface area contributed by atoms with Crippen LogP contribution in [0.2, 0.25) is 0 Å². The van der Waals surface area contributed by atoms with Crippen molar-refractivity contribution in [3.63, 3.8) is 0 Å². The molecule has 0 amide bonds. The van der Waals surface area contributed by atoms with E-state index in [1.165, 1.54) is 54.4 Å². The van der Waals surface area contributed by atoms with Crippen molar-refractivity contribution in [1.82, 2.24) is 9.88 Å². The molecule has 0 saturated carbocycles. The number of fused-ring (bicyclic) bond motifs is 1. The minimum atomic E-state index is 0.594. The smallest absolute Gasteiger partial charge is 0.0720 e. The van der Waals surface area contributed by atoms with E-state index in [-0.39, 0.29) is 0 Å². The summed E-state index contributed by atoms with van der Waals surface area (Å²) in [6.45, 7) is 7.26. The third-order valence-corrected chi connectivity index (χ3v) is 7.24. The largest absolute Gasteiger partial charge is 0.375 e. The van der Waals surface area contributed by atoms with Gasteiger partial charge in [-0.3, -0.25) is 0 Å². The Labute approximate surface area is 191 Å². The zero-order chi connectivity index (χ0) is 21.5. The second kappa shape index (κ2) is 11.1. The number of para-hydroxylation sites is 1. The van der Waals surface area contributed by atoms with E-state index in [0.29, 0.717) is 11.9 Å². The Morgan fingerprint density at radius 1 is 1.00 bits per heavy atom. The zero-order valence-electron chi connectivity index (χ0n) is 18.8. The highest BCUT2D eigenvalue weighted by molar-refractivity contribution is 7.99. The monoisotopic (exact) mass is 434 g/mol. The Hall–Kier alpha value is -1.88. The summed E-state index contributed by atoms with van der Waals surface area (Å²) in [5.41, 5.74) is 5.93. The van der Waals surface area contributed by atoms with Gasteiger partial charge in [0, 0.05) is 22.7 Å². The second-order valence-corrected chi connectivity index (χ2v) is 9.85. The van der Waals surface area contributed by atoms with E-state index in [1.54, 1.807) is 0 Å². The fourth-order valence-corrected chi connectivity index (χ4v) is 4.64. The molecule has 1 unspecified atom stereocenters. The fourth-order valence-electron chi connectivity index (χ4n) is 4.30. The number of hydrogen-bond acceptors (Lipinski definition) is 4. The topological polar surface area (TPSA) is 25.4 Å². The van der Waals surface area contributed by atoms with E-state index < -0.39 is 0 Å². The van der Waals surface area contributed by atoms with Crippen LogP contribution in [-0.4, -0.2) is 47.6 Å². The predicted octanol–water partition coefficient (Wildman–Crippen LogP) is 6.20. The number of hydrogen-bond donors (Lipinski definition) is 0. The summed E-state index contributed by atoms with van der Waals surface area (Å²) < 4.78 is 6.17. The maximum Gasteiger partial charge on any atom is 0.0720 e. The first-order chi connectivity index (χ1) is 15.2. The summed E-state index contributed by atoms with van der Waals surface area (Å²) in [7, 11) is 0. The van der Waals surface area contributed by atoms with Crippen molar-refractivity contribution < 1.29 is 4.74 Å². The van der Waals surface area contributed by atoms with Gasteiger partial charge in [-0.2, -0.15) is 11.8 Å². The van der Waals surface area contributed by atoms with Gasteiger partial charge in [-0.25, -0.2) is 4.98 Å². The molecule has 2 heterocycles. The normalized spacial score (nSPS) is 15.9. The molecule has 4 rings (SSSR count). The van der Waals surface area contributed by atoms with Crippen LogP contribution >= 0.6 is 11.8 Å². The van der Waals surface area contributed by atoms with Gasteiger partial charge in [0.2, 0.25) is 0 Å². The average molecular weight is 435 g/mol. The Bertz CT molecular complexity index is 984. The van der Waals surface area contributed by atoms with Crippen LogP contribution in [0.3, 0.4) is 0 Å². The number of benzene rings is 2. The summed E-state index contributed by atoms with van der Waals surface area (Å²) in [5, 5.41) is 1.77. The molecule has 0 aliphatic carbocycles. The van der Waals surface area contributed by atoms with Gasteiger partial charge in [-0.05, 0) is 67.9 Å². The first kappa shape index (κ1) is 22.3. The Balaban J connectivity index is 1.50. The van der Waals surface area contributed by atoms with Crippen molar-refractivity contribution in [3.8, 4) is 11.3 Å². The third-order valence-electron chi connectivity index (χ3n) is 6.27. The molecule has 31 heavy (non-hydrogen) atoms. The van der Waals surface area contributed by atoms with Crippen LogP contribution in [0.1, 0.15) is 37.3 Å². The third kappa shape index (κ3) is 6.09. The number of rotatable bonds is 9. The van der Waals surface area contributed by atoms with Crippen LogP contribution in [0, 0.1) is 0 Å². The van der Waals surface area contributed by atoms with Crippen molar-refractivity contribution in [2.45, 2.75) is 44.5 Å². The van der Waals surface area contributed by atoms with Crippen LogP contribution in [0.15, 0.2) is 54.6 Å². The van der Waals surface area contributed by atoms with E-state index in [4.69, 9.17) is 9.72 Å². The van der Waals surface area contributed by atoms with Gasteiger partial charge in [-0.1, -0.05) is 49.7 Å². The maximum atomic E-state index is 6.17. The van der Waals surface area contributed by atoms with E-state index in [2.05, 4.69) is 66.6 Å². The second-order valence-electron chi connectivity index (χ2n) is 8.58. The zero-order valence-corrected chi connectivity index (χ0v) is 19.7. The van der Waals surface area contributed by atoms with Crippen molar-refractivity contribution in [2.75, 3.05) is 32.5 Å². The molecule has 0 radical (unpaired) electrons. The Morgan fingerprint density at radius 3 is 2.68 bits per heavy atom. The van der Waals surface area contributed by atoms with E-state index >= 15 is 0 Å². The molecular formula is C27H34N2OS. The highest BCUT2D eigenvalue weighted by Gasteiger charge is 2.12. The van der Waals surface area contributed by atoms with Gasteiger partial charge in [0.05, 0.1) is 24.4 Å². The SMILES string of the molecule is CSC(C)Cc1ccc(-c2ccc3ccccc3n2)cc1COCCN1CCCCC1. The van der Waals surface area contributed by atoms with Crippen LogP contribution in [0.5, 0.6) is 0 Å². The van der Waals surface area contributed by atoms with Gasteiger partial charge < -0.3 is 9.64 Å². The molecule has 2 aromatic carbocycles. The minimum Gasteiger partial charge on any atom is -0.375 e. The maximum absolute atomic E-state index is 6.17. The van der Waals surface area contributed by atoms with Gasteiger partial charge in [0.25, 0.3) is 0 Å². The predicted molar refractivity (Wildman–Crippen MR) is 134 cm³/mol. The molecule has 1 atom stereocenters. The van der Waals surface area contributed by atoms with Gasteiger partial charge in [0.15, 0.2) is 0 Å². The van der Waals surface area contributed by atoms with Crippen LogP contribution in [0.4, 0.5) is 0 Å². The van der Waals surface area contributed by atoms with Crippen molar-refractivity contribution in [1.29, 1.82) is 0 Å². The van der Waals surface area contributed by atoms with Gasteiger partial charge >= 0.3 is 0 Å². The highest BCUT2D eigenvalue weighted by atomic mass is 32.2. The number of aromatic nitrogens is 1. The molecule has 164 valence electrons. The molecule has 4 heteroatoms. The number of thioether (sulfide) groups is 1. The molecule has 1 saturated heterocycles. The summed E-state index contributed by atoms with van der Waals surface area (Å²) in [6, 6.07) is 19.4. The lowest BCUT2D eigenvalue weighted by Crippen LogP contribution is -2.32. The van der Waals surface area contributed by atoms with Gasteiger partial charge in [0.1, 0.15) is 0 Å².